The van der Waals surface area contributed by atoms with E-state index in [2.05, 4.69) is 24.3 Å². The van der Waals surface area contributed by atoms with E-state index in [4.69, 9.17) is 9.47 Å². The van der Waals surface area contributed by atoms with Gasteiger partial charge >= 0.3 is 0 Å². The van der Waals surface area contributed by atoms with E-state index in [0.29, 0.717) is 13.2 Å². The molecule has 3 heteroatoms. The van der Waals surface area contributed by atoms with Gasteiger partial charge in [0.05, 0.1) is 24.7 Å². The van der Waals surface area contributed by atoms with Crippen molar-refractivity contribution in [3.8, 4) is 28.7 Å². The summed E-state index contributed by atoms with van der Waals surface area (Å²) in [4.78, 5) is 0. The first kappa shape index (κ1) is 13.2. The average molecular weight is 291 g/mol. The van der Waals surface area contributed by atoms with Crippen molar-refractivity contribution in [2.75, 3.05) is 13.2 Å². The molecule has 0 radical (unpaired) electrons. The predicted molar refractivity (Wildman–Crippen MR) is 84.0 cm³/mol. The summed E-state index contributed by atoms with van der Waals surface area (Å²) < 4.78 is 11.7. The second-order valence-corrected chi connectivity index (χ2v) is 5.92. The molecule has 1 heterocycles. The third-order valence-corrected chi connectivity index (χ3v) is 4.47. The van der Waals surface area contributed by atoms with E-state index >= 15 is 0 Å². The topological polar surface area (TPSA) is 42.2 Å². The lowest BCUT2D eigenvalue weighted by molar-refractivity contribution is 0.297. The molecule has 1 aliphatic carbocycles. The summed E-state index contributed by atoms with van der Waals surface area (Å²) in [6, 6.07) is 16.7. The molecule has 0 saturated heterocycles. The summed E-state index contributed by atoms with van der Waals surface area (Å²) in [5, 5.41) is 9.56. The fraction of sp³-hybridized carbons (Fsp3) is 0.316. The number of nitrogens with zero attached hydrogens (tertiary/aromatic N) is 1. The van der Waals surface area contributed by atoms with Gasteiger partial charge in [-0.05, 0) is 30.0 Å². The molecule has 0 unspecified atom stereocenters. The van der Waals surface area contributed by atoms with Crippen molar-refractivity contribution in [1.82, 2.24) is 0 Å². The predicted octanol–water partition coefficient (Wildman–Crippen LogP) is 4.07. The Balaban J connectivity index is 1.89. The van der Waals surface area contributed by atoms with Gasteiger partial charge in [0.1, 0.15) is 0 Å². The van der Waals surface area contributed by atoms with Crippen LogP contribution in [0.2, 0.25) is 0 Å². The van der Waals surface area contributed by atoms with E-state index in [1.165, 1.54) is 0 Å². The first-order valence-electron chi connectivity index (χ1n) is 7.74. The Kier molecular flexibility index (Phi) is 3.04. The average Bonchev–Trinajstić information content (AvgIpc) is 3.38. The second-order valence-electron chi connectivity index (χ2n) is 5.92. The maximum absolute atomic E-state index is 9.56. The molecule has 0 N–H and O–H groups in total. The molecule has 0 spiro atoms. The molecule has 1 saturated carbocycles. The van der Waals surface area contributed by atoms with Crippen molar-refractivity contribution >= 4 is 0 Å². The third-order valence-electron chi connectivity index (χ3n) is 4.47. The van der Waals surface area contributed by atoms with Crippen LogP contribution in [0.25, 0.3) is 11.1 Å². The number of para-hydroxylation sites is 1. The number of hydrogen-bond donors (Lipinski definition) is 0. The normalized spacial score (nSPS) is 18.1. The quantitative estimate of drug-likeness (QED) is 0.837. The summed E-state index contributed by atoms with van der Waals surface area (Å²) in [6.07, 6.45) is 2.76. The van der Waals surface area contributed by atoms with Gasteiger partial charge in [0.2, 0.25) is 0 Å². The van der Waals surface area contributed by atoms with Crippen LogP contribution in [-0.2, 0) is 5.41 Å². The summed E-state index contributed by atoms with van der Waals surface area (Å²) >= 11 is 0. The molecule has 22 heavy (non-hydrogen) atoms. The summed E-state index contributed by atoms with van der Waals surface area (Å²) in [7, 11) is 0. The highest BCUT2D eigenvalue weighted by Gasteiger charge is 2.46. The SMILES string of the molecule is N#CC1(c2ccccc2-c2cccc3c2OCCCO3)CC1. The van der Waals surface area contributed by atoms with Crippen LogP contribution in [-0.4, -0.2) is 13.2 Å². The van der Waals surface area contributed by atoms with Crippen molar-refractivity contribution in [1.29, 1.82) is 5.26 Å². The molecule has 110 valence electrons. The molecular formula is C19H17NO2. The van der Waals surface area contributed by atoms with Crippen LogP contribution in [0.3, 0.4) is 0 Å². The van der Waals surface area contributed by atoms with Gasteiger partial charge in [0.15, 0.2) is 11.5 Å². The molecule has 4 rings (SSSR count). The fourth-order valence-corrected chi connectivity index (χ4v) is 3.11. The third kappa shape index (κ3) is 2.03. The first-order valence-corrected chi connectivity index (χ1v) is 7.74. The smallest absolute Gasteiger partial charge is 0.168 e. The van der Waals surface area contributed by atoms with Crippen molar-refractivity contribution in [3.05, 3.63) is 48.0 Å². The van der Waals surface area contributed by atoms with Crippen LogP contribution in [0.15, 0.2) is 42.5 Å². The number of nitriles is 1. The van der Waals surface area contributed by atoms with E-state index in [1.54, 1.807) is 0 Å². The van der Waals surface area contributed by atoms with E-state index in [9.17, 15) is 5.26 Å². The minimum atomic E-state index is -0.315. The van der Waals surface area contributed by atoms with Crippen LogP contribution in [0.4, 0.5) is 0 Å². The van der Waals surface area contributed by atoms with Crippen LogP contribution in [0.5, 0.6) is 11.5 Å². The monoisotopic (exact) mass is 291 g/mol. The van der Waals surface area contributed by atoms with Crippen molar-refractivity contribution in [2.45, 2.75) is 24.7 Å². The van der Waals surface area contributed by atoms with Crippen LogP contribution in [0.1, 0.15) is 24.8 Å². The molecule has 1 fully saturated rings. The largest absolute Gasteiger partial charge is 0.490 e. The van der Waals surface area contributed by atoms with E-state index < -0.39 is 0 Å². The zero-order valence-corrected chi connectivity index (χ0v) is 12.3. The Morgan fingerprint density at radius 2 is 1.68 bits per heavy atom. The van der Waals surface area contributed by atoms with Crippen LogP contribution in [0, 0.1) is 11.3 Å². The van der Waals surface area contributed by atoms with E-state index in [1.807, 2.05) is 24.3 Å². The molecule has 0 amide bonds. The van der Waals surface area contributed by atoms with Crippen LogP contribution >= 0.6 is 0 Å². The summed E-state index contributed by atoms with van der Waals surface area (Å²) in [6.45, 7) is 1.34. The number of benzene rings is 2. The van der Waals surface area contributed by atoms with Crippen molar-refractivity contribution < 1.29 is 9.47 Å². The highest BCUT2D eigenvalue weighted by molar-refractivity contribution is 5.78. The second kappa shape index (κ2) is 5.06. The fourth-order valence-electron chi connectivity index (χ4n) is 3.11. The minimum Gasteiger partial charge on any atom is -0.490 e. The van der Waals surface area contributed by atoms with E-state index in [0.717, 1.165) is 47.5 Å². The molecule has 3 nitrogen and oxygen atoms in total. The molecule has 2 aliphatic rings. The molecule has 2 aromatic carbocycles. The number of hydrogen-bond acceptors (Lipinski definition) is 3. The van der Waals surface area contributed by atoms with Gasteiger partial charge in [0.25, 0.3) is 0 Å². The number of fused-ring (bicyclic) bond motifs is 1. The lowest BCUT2D eigenvalue weighted by Crippen LogP contribution is -2.05. The van der Waals surface area contributed by atoms with Gasteiger partial charge in [-0.2, -0.15) is 5.26 Å². The maximum Gasteiger partial charge on any atom is 0.168 e. The maximum atomic E-state index is 9.56. The Hall–Kier alpha value is -2.47. The number of rotatable bonds is 2. The summed E-state index contributed by atoms with van der Waals surface area (Å²) in [5.74, 6) is 1.60. The van der Waals surface area contributed by atoms with Gasteiger partial charge in [0, 0.05) is 12.0 Å². The lowest BCUT2D eigenvalue weighted by Gasteiger charge is -2.17. The van der Waals surface area contributed by atoms with E-state index in [-0.39, 0.29) is 5.41 Å². The van der Waals surface area contributed by atoms with Gasteiger partial charge < -0.3 is 9.47 Å². The standard InChI is InChI=1S/C19H17NO2/c20-13-19(9-10-19)16-7-2-1-5-14(16)15-6-3-8-17-18(15)22-12-4-11-21-17/h1-3,5-8H,4,9-12H2. The highest BCUT2D eigenvalue weighted by Crippen LogP contribution is 2.52. The number of ether oxygens (including phenoxy) is 2. The van der Waals surface area contributed by atoms with Crippen molar-refractivity contribution in [3.63, 3.8) is 0 Å². The Bertz CT molecular complexity index is 756. The Labute approximate surface area is 130 Å². The zero-order chi connectivity index (χ0) is 15.0. The van der Waals surface area contributed by atoms with Gasteiger partial charge in [-0.15, -0.1) is 0 Å². The van der Waals surface area contributed by atoms with Gasteiger partial charge in [-0.3, -0.25) is 0 Å². The first-order chi connectivity index (χ1) is 10.8. The van der Waals surface area contributed by atoms with Gasteiger partial charge in [-0.1, -0.05) is 36.4 Å². The zero-order valence-electron chi connectivity index (χ0n) is 12.3. The van der Waals surface area contributed by atoms with Crippen LogP contribution < -0.4 is 9.47 Å². The lowest BCUT2D eigenvalue weighted by atomic mass is 9.88. The van der Waals surface area contributed by atoms with Gasteiger partial charge in [-0.25, -0.2) is 0 Å². The van der Waals surface area contributed by atoms with Crippen molar-refractivity contribution in [2.24, 2.45) is 0 Å². The minimum absolute atomic E-state index is 0.315. The molecule has 0 aromatic heterocycles. The molecular weight excluding hydrogens is 274 g/mol. The highest BCUT2D eigenvalue weighted by atomic mass is 16.5. The molecule has 2 aromatic rings. The summed E-state index contributed by atoms with van der Waals surface area (Å²) in [5.41, 5.74) is 2.91. The Morgan fingerprint density at radius 3 is 2.50 bits per heavy atom. The molecule has 1 aliphatic heterocycles. The Morgan fingerprint density at radius 1 is 0.909 bits per heavy atom. The molecule has 0 atom stereocenters. The molecule has 0 bridgehead atoms.